The number of carbonyl (C=O) groups excluding carboxylic acids is 1. The van der Waals surface area contributed by atoms with Crippen LogP contribution in [0.25, 0.3) is 0 Å². The standard InChI is InChI=1S/C5H9NO2S/c1-2-4-3-9(8)6-5(4)7/h4H,2-3H2,1H3,(H,6,7). The summed E-state index contributed by atoms with van der Waals surface area (Å²) in [7, 11) is 0. The predicted octanol–water partition coefficient (Wildman–Crippen LogP) is -0.194. The minimum atomic E-state index is -1.08. The highest BCUT2D eigenvalue weighted by Crippen LogP contribution is 2.12. The molecule has 0 spiro atoms. The van der Waals surface area contributed by atoms with Gasteiger partial charge in [-0.25, -0.2) is 0 Å². The van der Waals surface area contributed by atoms with E-state index in [1.807, 2.05) is 6.92 Å². The Kier molecular flexibility index (Phi) is 1.97. The lowest BCUT2D eigenvalue weighted by Crippen LogP contribution is -2.21. The number of rotatable bonds is 1. The van der Waals surface area contributed by atoms with E-state index in [1.165, 1.54) is 0 Å². The van der Waals surface area contributed by atoms with E-state index in [0.717, 1.165) is 6.42 Å². The number of hydrogen-bond donors (Lipinski definition) is 1. The van der Waals surface area contributed by atoms with Gasteiger partial charge in [-0.05, 0) is 6.42 Å². The fourth-order valence-corrected chi connectivity index (χ4v) is 2.03. The van der Waals surface area contributed by atoms with Crippen LogP contribution in [0.4, 0.5) is 0 Å². The first-order valence-electron chi connectivity index (χ1n) is 2.93. The Morgan fingerprint density at radius 1 is 2.00 bits per heavy atom. The Hall–Kier alpha value is -0.220. The molecule has 1 N–H and O–H groups in total. The second-order valence-corrected chi connectivity index (χ2v) is 3.31. The third-order valence-corrected chi connectivity index (χ3v) is 2.56. The zero-order valence-corrected chi connectivity index (χ0v) is 6.03. The summed E-state index contributed by atoms with van der Waals surface area (Å²) >= 11 is -1.08. The summed E-state index contributed by atoms with van der Waals surface area (Å²) < 4.78 is 13.0. The van der Waals surface area contributed by atoms with Gasteiger partial charge in [0, 0.05) is 0 Å². The van der Waals surface area contributed by atoms with Crippen LogP contribution in [-0.2, 0) is 16.2 Å². The molecular weight excluding hydrogens is 138 g/mol. The fourth-order valence-electron chi connectivity index (χ4n) is 0.799. The Bertz CT molecular complexity index is 128. The van der Waals surface area contributed by atoms with Gasteiger partial charge in [-0.15, -0.1) is 0 Å². The lowest BCUT2D eigenvalue weighted by atomic mass is 10.1. The topological polar surface area (TPSA) is 52.2 Å². The van der Waals surface area contributed by atoms with Crippen molar-refractivity contribution in [2.75, 3.05) is 5.75 Å². The zero-order valence-electron chi connectivity index (χ0n) is 5.22. The van der Waals surface area contributed by atoms with Crippen LogP contribution in [-0.4, -0.2) is 16.2 Å². The van der Waals surface area contributed by atoms with E-state index in [9.17, 15) is 9.35 Å². The summed E-state index contributed by atoms with van der Waals surface area (Å²) in [5, 5.41) is 0. The maximum absolute atomic E-state index is 10.7. The molecule has 1 saturated heterocycles. The Balaban J connectivity index is 2.48. The van der Waals surface area contributed by atoms with E-state index in [0.29, 0.717) is 5.75 Å². The molecule has 1 amide bonds. The number of amides is 1. The van der Waals surface area contributed by atoms with Gasteiger partial charge in [0.2, 0.25) is 0 Å². The molecule has 0 aromatic rings. The molecule has 0 aromatic heterocycles. The van der Waals surface area contributed by atoms with Crippen LogP contribution in [0.2, 0.25) is 0 Å². The third kappa shape index (κ3) is 1.37. The molecule has 0 bridgehead atoms. The first-order valence-corrected chi connectivity index (χ1v) is 4.24. The Morgan fingerprint density at radius 2 is 2.67 bits per heavy atom. The molecule has 0 aromatic carbocycles. The lowest BCUT2D eigenvalue weighted by molar-refractivity contribution is -0.121. The van der Waals surface area contributed by atoms with Crippen LogP contribution in [0.15, 0.2) is 0 Å². The molecule has 1 aliphatic rings. The molecule has 2 atom stereocenters. The van der Waals surface area contributed by atoms with Gasteiger partial charge in [0.1, 0.15) is 5.75 Å². The van der Waals surface area contributed by atoms with Crippen molar-refractivity contribution in [3.63, 3.8) is 0 Å². The van der Waals surface area contributed by atoms with Crippen molar-refractivity contribution in [2.45, 2.75) is 13.3 Å². The van der Waals surface area contributed by atoms with E-state index in [4.69, 9.17) is 0 Å². The molecule has 1 heterocycles. The van der Waals surface area contributed by atoms with Crippen LogP contribution < -0.4 is 4.72 Å². The molecule has 0 saturated carbocycles. The zero-order chi connectivity index (χ0) is 6.85. The molecule has 4 heteroatoms. The summed E-state index contributed by atoms with van der Waals surface area (Å²) in [6.07, 6.45) is 0.789. The van der Waals surface area contributed by atoms with Gasteiger partial charge in [-0.1, -0.05) is 6.92 Å². The third-order valence-electron chi connectivity index (χ3n) is 1.43. The monoisotopic (exact) mass is 147 g/mol. The maximum atomic E-state index is 10.7. The van der Waals surface area contributed by atoms with Gasteiger partial charge in [-0.3, -0.25) is 4.79 Å². The van der Waals surface area contributed by atoms with Gasteiger partial charge in [0.25, 0.3) is 5.91 Å². The van der Waals surface area contributed by atoms with Gasteiger partial charge >= 0.3 is 0 Å². The molecule has 9 heavy (non-hydrogen) atoms. The van der Waals surface area contributed by atoms with E-state index in [-0.39, 0.29) is 11.8 Å². The highest BCUT2D eigenvalue weighted by Gasteiger charge is 2.33. The van der Waals surface area contributed by atoms with Crippen molar-refractivity contribution >= 4 is 17.3 Å². The minimum absolute atomic E-state index is 0.00849. The first kappa shape index (κ1) is 6.89. The van der Waals surface area contributed by atoms with E-state index < -0.39 is 11.4 Å². The second kappa shape index (κ2) is 2.58. The normalized spacial score (nSPS) is 34.7. The minimum Gasteiger partial charge on any atom is -0.593 e. The smallest absolute Gasteiger partial charge is 0.269 e. The summed E-state index contributed by atoms with van der Waals surface area (Å²) in [5.41, 5.74) is 0. The van der Waals surface area contributed by atoms with Crippen molar-refractivity contribution in [3.05, 3.63) is 0 Å². The molecule has 1 rings (SSSR count). The molecule has 3 nitrogen and oxygen atoms in total. The van der Waals surface area contributed by atoms with Gasteiger partial charge in [-0.2, -0.15) is 4.72 Å². The molecule has 52 valence electrons. The molecule has 2 unspecified atom stereocenters. The summed E-state index contributed by atoms with van der Waals surface area (Å²) in [6.45, 7) is 1.92. The molecular formula is C5H9NO2S. The molecule has 0 aliphatic carbocycles. The van der Waals surface area contributed by atoms with E-state index in [1.54, 1.807) is 0 Å². The number of carbonyl (C=O) groups is 1. The van der Waals surface area contributed by atoms with Crippen molar-refractivity contribution in [1.29, 1.82) is 0 Å². The first-order chi connectivity index (χ1) is 4.24. The highest BCUT2D eigenvalue weighted by atomic mass is 32.2. The molecule has 0 radical (unpaired) electrons. The average molecular weight is 147 g/mol. The van der Waals surface area contributed by atoms with Crippen LogP contribution in [0.5, 0.6) is 0 Å². The van der Waals surface area contributed by atoms with Crippen LogP contribution >= 0.6 is 0 Å². The van der Waals surface area contributed by atoms with Gasteiger partial charge in [0.15, 0.2) is 0 Å². The Labute approximate surface area is 57.1 Å². The summed E-state index contributed by atoms with van der Waals surface area (Å²) in [6, 6.07) is 0. The summed E-state index contributed by atoms with van der Waals surface area (Å²) in [5.74, 6) is 0.427. The molecule has 1 fully saturated rings. The SMILES string of the molecule is CCC1C[S+]([O-])NC1=O. The van der Waals surface area contributed by atoms with Crippen molar-refractivity contribution in [2.24, 2.45) is 5.92 Å². The summed E-state index contributed by atoms with van der Waals surface area (Å²) in [4.78, 5) is 10.7. The van der Waals surface area contributed by atoms with Crippen molar-refractivity contribution < 1.29 is 9.35 Å². The second-order valence-electron chi connectivity index (χ2n) is 2.08. The fraction of sp³-hybridized carbons (Fsp3) is 0.800. The van der Waals surface area contributed by atoms with Crippen LogP contribution in [0.3, 0.4) is 0 Å². The number of nitrogens with one attached hydrogen (secondary N) is 1. The highest BCUT2D eigenvalue weighted by molar-refractivity contribution is 7.90. The maximum Gasteiger partial charge on any atom is 0.269 e. The van der Waals surface area contributed by atoms with Crippen LogP contribution in [0.1, 0.15) is 13.3 Å². The van der Waals surface area contributed by atoms with Crippen LogP contribution in [0, 0.1) is 5.92 Å². The van der Waals surface area contributed by atoms with Gasteiger partial charge in [0.05, 0.1) is 17.3 Å². The van der Waals surface area contributed by atoms with E-state index in [2.05, 4.69) is 4.72 Å². The predicted molar refractivity (Wildman–Crippen MR) is 34.9 cm³/mol. The van der Waals surface area contributed by atoms with Crippen molar-refractivity contribution in [3.8, 4) is 0 Å². The number of hydrogen-bond acceptors (Lipinski definition) is 2. The average Bonchev–Trinajstić information content (AvgIpc) is 2.10. The molecule has 1 aliphatic heterocycles. The lowest BCUT2D eigenvalue weighted by Gasteiger charge is -1.96. The quantitative estimate of drug-likeness (QED) is 0.522. The Morgan fingerprint density at radius 3 is 2.89 bits per heavy atom. The van der Waals surface area contributed by atoms with E-state index >= 15 is 0 Å². The van der Waals surface area contributed by atoms with Gasteiger partial charge < -0.3 is 4.55 Å². The largest absolute Gasteiger partial charge is 0.593 e. The van der Waals surface area contributed by atoms with Crippen molar-refractivity contribution in [1.82, 2.24) is 4.72 Å².